The van der Waals surface area contributed by atoms with Crippen LogP contribution in [0.4, 0.5) is 22.0 Å². The number of ketones is 1. The van der Waals surface area contributed by atoms with Crippen LogP contribution in [0.2, 0.25) is 0 Å². The van der Waals surface area contributed by atoms with Gasteiger partial charge in [-0.05, 0) is 5.56 Å². The number of rotatable bonds is 4. The number of halogens is 5. The van der Waals surface area contributed by atoms with Crippen LogP contribution in [0.3, 0.4) is 0 Å². The number of aromatic nitrogens is 2. The summed E-state index contributed by atoms with van der Waals surface area (Å²) in [6, 6.07) is 5.71. The first kappa shape index (κ1) is 15.6. The molecule has 3 rings (SSSR count). The highest BCUT2D eigenvalue weighted by Crippen LogP contribution is 2.49. The second kappa shape index (κ2) is 5.10. The summed E-state index contributed by atoms with van der Waals surface area (Å²) < 4.78 is 66.8. The van der Waals surface area contributed by atoms with Crippen LogP contribution in [-0.2, 0) is 17.4 Å². The number of carbonyl (C=O) groups excluding carboxylic acids is 1. The second-order valence-corrected chi connectivity index (χ2v) is 5.28. The molecule has 0 radical (unpaired) electrons. The number of hydrogen-bond acceptors (Lipinski definition) is 4. The molecular weight excluding hydrogens is 323 g/mol. The van der Waals surface area contributed by atoms with Crippen LogP contribution >= 0.6 is 0 Å². The summed E-state index contributed by atoms with van der Waals surface area (Å²) in [5.74, 6) is -6.39. The Hall–Kier alpha value is -2.32. The lowest BCUT2D eigenvalue weighted by Gasteiger charge is -2.01. The summed E-state index contributed by atoms with van der Waals surface area (Å²) >= 11 is 0. The topological polar surface area (TPSA) is 56.0 Å². The molecule has 1 aliphatic rings. The Morgan fingerprint density at radius 1 is 1.26 bits per heavy atom. The minimum absolute atomic E-state index is 0.152. The lowest BCUT2D eigenvalue weighted by atomic mass is 10.0. The first-order valence-corrected chi connectivity index (χ1v) is 6.57. The maximum atomic E-state index is 12.8. The Kier molecular flexibility index (Phi) is 3.46. The van der Waals surface area contributed by atoms with Gasteiger partial charge in [0.05, 0.1) is 5.92 Å². The van der Waals surface area contributed by atoms with Crippen molar-refractivity contribution in [2.24, 2.45) is 5.92 Å². The van der Waals surface area contributed by atoms with Crippen molar-refractivity contribution in [3.63, 3.8) is 0 Å². The molecular formula is C14H9F5N2O2. The SMILES string of the molecule is O=C(Cc1ccc(-c2noc(C(F)(F)F)n2)cc1)C1CC1(F)F. The molecule has 0 bridgehead atoms. The van der Waals surface area contributed by atoms with E-state index in [9.17, 15) is 26.7 Å². The van der Waals surface area contributed by atoms with Crippen molar-refractivity contribution in [3.8, 4) is 11.4 Å². The van der Waals surface area contributed by atoms with Gasteiger partial charge in [0.1, 0.15) is 5.78 Å². The molecule has 0 saturated heterocycles. The van der Waals surface area contributed by atoms with E-state index in [1.165, 1.54) is 24.3 Å². The molecule has 1 heterocycles. The van der Waals surface area contributed by atoms with Gasteiger partial charge in [0.25, 0.3) is 5.92 Å². The molecule has 1 atom stereocenters. The summed E-state index contributed by atoms with van der Waals surface area (Å²) in [6.07, 6.45) is -5.30. The molecule has 122 valence electrons. The molecule has 0 N–H and O–H groups in total. The standard InChI is InChI=1S/C14H9F5N2O2/c15-13(16)6-9(13)10(22)5-7-1-3-8(4-2-7)11-20-12(23-21-11)14(17,18)19/h1-4,9H,5-6H2. The Morgan fingerprint density at radius 3 is 2.35 bits per heavy atom. The second-order valence-electron chi connectivity index (χ2n) is 5.28. The van der Waals surface area contributed by atoms with E-state index in [-0.39, 0.29) is 17.8 Å². The van der Waals surface area contributed by atoms with Crippen LogP contribution < -0.4 is 0 Å². The highest BCUT2D eigenvalue weighted by Gasteiger charge is 2.60. The van der Waals surface area contributed by atoms with Gasteiger partial charge in [0.15, 0.2) is 0 Å². The lowest BCUT2D eigenvalue weighted by Crippen LogP contribution is -2.10. The zero-order valence-electron chi connectivity index (χ0n) is 11.4. The molecule has 1 unspecified atom stereocenters. The Morgan fingerprint density at radius 2 is 1.87 bits per heavy atom. The molecule has 1 aromatic heterocycles. The number of carbonyl (C=O) groups is 1. The van der Waals surface area contributed by atoms with Gasteiger partial charge < -0.3 is 4.52 Å². The fourth-order valence-corrected chi connectivity index (χ4v) is 2.11. The molecule has 0 aliphatic heterocycles. The van der Waals surface area contributed by atoms with Crippen LogP contribution in [0.1, 0.15) is 17.9 Å². The van der Waals surface area contributed by atoms with E-state index in [1.807, 2.05) is 0 Å². The highest BCUT2D eigenvalue weighted by molar-refractivity contribution is 5.87. The third kappa shape index (κ3) is 3.22. The van der Waals surface area contributed by atoms with Gasteiger partial charge >= 0.3 is 12.1 Å². The molecule has 1 aromatic carbocycles. The molecule has 1 fully saturated rings. The van der Waals surface area contributed by atoms with E-state index < -0.39 is 36.1 Å². The van der Waals surface area contributed by atoms with Gasteiger partial charge in [-0.2, -0.15) is 18.2 Å². The van der Waals surface area contributed by atoms with Crippen LogP contribution in [0.15, 0.2) is 28.8 Å². The van der Waals surface area contributed by atoms with Gasteiger partial charge in [0, 0.05) is 18.4 Å². The lowest BCUT2D eigenvalue weighted by molar-refractivity contribution is -0.159. The van der Waals surface area contributed by atoms with Gasteiger partial charge in [-0.25, -0.2) is 8.78 Å². The first-order chi connectivity index (χ1) is 10.7. The van der Waals surface area contributed by atoms with Crippen molar-refractivity contribution in [1.82, 2.24) is 10.1 Å². The minimum atomic E-state index is -4.73. The maximum Gasteiger partial charge on any atom is 0.471 e. The molecule has 23 heavy (non-hydrogen) atoms. The average Bonchev–Trinajstić information content (AvgIpc) is 2.88. The van der Waals surface area contributed by atoms with Crippen LogP contribution in [-0.4, -0.2) is 21.8 Å². The van der Waals surface area contributed by atoms with E-state index in [1.54, 1.807) is 0 Å². The van der Waals surface area contributed by atoms with Gasteiger partial charge in [-0.3, -0.25) is 4.79 Å². The van der Waals surface area contributed by atoms with Crippen molar-refractivity contribution >= 4 is 5.78 Å². The molecule has 9 heteroatoms. The van der Waals surface area contributed by atoms with Crippen LogP contribution in [0.25, 0.3) is 11.4 Å². The van der Waals surface area contributed by atoms with Gasteiger partial charge in [-0.1, -0.05) is 29.4 Å². The Bertz CT molecular complexity index is 736. The maximum absolute atomic E-state index is 12.8. The summed E-state index contributed by atoms with van der Waals surface area (Å²) in [7, 11) is 0. The monoisotopic (exact) mass is 332 g/mol. The Balaban J connectivity index is 1.70. The first-order valence-electron chi connectivity index (χ1n) is 6.57. The van der Waals surface area contributed by atoms with E-state index in [2.05, 4.69) is 14.7 Å². The molecule has 1 aliphatic carbocycles. The third-order valence-corrected chi connectivity index (χ3v) is 3.47. The van der Waals surface area contributed by atoms with Crippen molar-refractivity contribution < 1.29 is 31.3 Å². The minimum Gasteiger partial charge on any atom is -0.329 e. The van der Waals surface area contributed by atoms with E-state index in [0.29, 0.717) is 5.56 Å². The molecule has 4 nitrogen and oxygen atoms in total. The van der Waals surface area contributed by atoms with Crippen LogP contribution in [0, 0.1) is 5.92 Å². The summed E-state index contributed by atoms with van der Waals surface area (Å²) in [5.41, 5.74) is 0.748. The number of Topliss-reactive ketones (excluding diaryl/α,β-unsaturated/α-hetero) is 1. The highest BCUT2D eigenvalue weighted by atomic mass is 19.4. The van der Waals surface area contributed by atoms with E-state index in [4.69, 9.17) is 0 Å². The molecule has 0 amide bonds. The predicted octanol–water partition coefficient (Wildman–Crippen LogP) is 3.52. The average molecular weight is 332 g/mol. The fraction of sp³-hybridized carbons (Fsp3) is 0.357. The molecule has 1 saturated carbocycles. The van der Waals surface area contributed by atoms with E-state index in [0.717, 1.165) is 0 Å². The number of alkyl halides is 5. The zero-order valence-corrected chi connectivity index (χ0v) is 11.4. The normalized spacial score (nSPS) is 19.6. The number of nitrogens with zero attached hydrogens (tertiary/aromatic N) is 2. The number of hydrogen-bond donors (Lipinski definition) is 0. The van der Waals surface area contributed by atoms with Gasteiger partial charge in [-0.15, -0.1) is 0 Å². The predicted molar refractivity (Wildman–Crippen MR) is 66.5 cm³/mol. The van der Waals surface area contributed by atoms with Crippen LogP contribution in [0.5, 0.6) is 0 Å². The third-order valence-electron chi connectivity index (χ3n) is 3.47. The quantitative estimate of drug-likeness (QED) is 0.804. The number of benzene rings is 1. The molecule has 2 aromatic rings. The Labute approximate surface area is 126 Å². The zero-order chi connectivity index (χ0) is 16.8. The van der Waals surface area contributed by atoms with E-state index >= 15 is 0 Å². The van der Waals surface area contributed by atoms with Crippen molar-refractivity contribution in [2.75, 3.05) is 0 Å². The largest absolute Gasteiger partial charge is 0.471 e. The molecule has 0 spiro atoms. The summed E-state index contributed by atoms with van der Waals surface area (Å²) in [5, 5.41) is 3.23. The fourth-order valence-electron chi connectivity index (χ4n) is 2.11. The smallest absolute Gasteiger partial charge is 0.329 e. The summed E-state index contributed by atoms with van der Waals surface area (Å²) in [6.45, 7) is 0. The van der Waals surface area contributed by atoms with Crippen molar-refractivity contribution in [2.45, 2.75) is 24.9 Å². The summed E-state index contributed by atoms with van der Waals surface area (Å²) in [4.78, 5) is 14.8. The van der Waals surface area contributed by atoms with Crippen molar-refractivity contribution in [1.29, 1.82) is 0 Å². The van der Waals surface area contributed by atoms with Crippen molar-refractivity contribution in [3.05, 3.63) is 35.7 Å². The van der Waals surface area contributed by atoms with Gasteiger partial charge in [0.2, 0.25) is 5.82 Å².